The van der Waals surface area contributed by atoms with E-state index in [4.69, 9.17) is 9.15 Å². The summed E-state index contributed by atoms with van der Waals surface area (Å²) in [6.07, 6.45) is 3.44. The van der Waals surface area contributed by atoms with Crippen LogP contribution in [0.3, 0.4) is 0 Å². The van der Waals surface area contributed by atoms with Gasteiger partial charge in [-0.15, -0.1) is 10.2 Å². The zero-order valence-corrected chi connectivity index (χ0v) is 12.8. The van der Waals surface area contributed by atoms with Crippen LogP contribution in [0.1, 0.15) is 5.89 Å². The van der Waals surface area contributed by atoms with Gasteiger partial charge in [-0.05, 0) is 19.2 Å². The first-order valence-corrected chi connectivity index (χ1v) is 7.53. The Kier molecular flexibility index (Phi) is 5.10. The maximum absolute atomic E-state index is 5.69. The van der Waals surface area contributed by atoms with E-state index in [2.05, 4.69) is 32.0 Å². The summed E-state index contributed by atoms with van der Waals surface area (Å²) >= 11 is 0. The Bertz CT molecular complexity index is 568. The summed E-state index contributed by atoms with van der Waals surface area (Å²) in [5, 5.41) is 8.19. The molecule has 1 aliphatic heterocycles. The van der Waals surface area contributed by atoms with E-state index < -0.39 is 0 Å². The highest BCUT2D eigenvalue weighted by molar-refractivity contribution is 5.49. The second-order valence-corrected chi connectivity index (χ2v) is 5.43. The fourth-order valence-corrected chi connectivity index (χ4v) is 2.37. The summed E-state index contributed by atoms with van der Waals surface area (Å²) < 4.78 is 11.0. The highest BCUT2D eigenvalue weighted by atomic mass is 16.5. The van der Waals surface area contributed by atoms with Gasteiger partial charge in [0.05, 0.1) is 25.3 Å². The van der Waals surface area contributed by atoms with E-state index in [0.29, 0.717) is 18.3 Å². The van der Waals surface area contributed by atoms with E-state index >= 15 is 0 Å². The molecule has 1 fully saturated rings. The number of hydrogen-bond acceptors (Lipinski definition) is 7. The third-order valence-corrected chi connectivity index (χ3v) is 3.68. The lowest BCUT2D eigenvalue weighted by atomic mass is 10.3. The lowest BCUT2D eigenvalue weighted by Crippen LogP contribution is -2.40. The summed E-state index contributed by atoms with van der Waals surface area (Å²) in [6, 6.07) is 3.76. The van der Waals surface area contributed by atoms with Gasteiger partial charge < -0.3 is 9.15 Å². The molecule has 0 saturated carbocycles. The van der Waals surface area contributed by atoms with Crippen LogP contribution in [0.25, 0.3) is 11.5 Å². The van der Waals surface area contributed by atoms with Crippen molar-refractivity contribution < 1.29 is 9.15 Å². The molecule has 1 saturated heterocycles. The van der Waals surface area contributed by atoms with Crippen LogP contribution in [0.2, 0.25) is 0 Å². The molecule has 0 aliphatic carbocycles. The topological polar surface area (TPSA) is 67.5 Å². The zero-order chi connectivity index (χ0) is 15.2. The first kappa shape index (κ1) is 15.1. The molecule has 0 amide bonds. The molecule has 0 N–H and O–H groups in total. The monoisotopic (exact) mass is 303 g/mol. The molecule has 2 aromatic heterocycles. The highest BCUT2D eigenvalue weighted by Crippen LogP contribution is 2.16. The second kappa shape index (κ2) is 7.44. The van der Waals surface area contributed by atoms with Crippen molar-refractivity contribution in [3.8, 4) is 11.5 Å². The van der Waals surface area contributed by atoms with Crippen molar-refractivity contribution in [1.29, 1.82) is 0 Å². The van der Waals surface area contributed by atoms with E-state index in [9.17, 15) is 0 Å². The number of rotatable bonds is 6. The Labute approximate surface area is 129 Å². The molecule has 22 heavy (non-hydrogen) atoms. The minimum atomic E-state index is 0.518. The number of ether oxygens (including phenoxy) is 1. The maximum atomic E-state index is 5.69. The summed E-state index contributed by atoms with van der Waals surface area (Å²) in [5.41, 5.74) is 0.845. The minimum absolute atomic E-state index is 0.518. The van der Waals surface area contributed by atoms with Gasteiger partial charge >= 0.3 is 0 Å². The molecule has 0 aromatic carbocycles. The van der Waals surface area contributed by atoms with Gasteiger partial charge in [-0.3, -0.25) is 14.8 Å². The molecule has 0 unspecified atom stereocenters. The quantitative estimate of drug-likeness (QED) is 0.785. The highest BCUT2D eigenvalue weighted by Gasteiger charge is 2.13. The lowest BCUT2D eigenvalue weighted by Gasteiger charge is -2.28. The van der Waals surface area contributed by atoms with Crippen molar-refractivity contribution in [2.24, 2.45) is 0 Å². The Hall–Kier alpha value is -1.83. The maximum Gasteiger partial charge on any atom is 0.249 e. The normalized spacial score (nSPS) is 16.3. The Balaban J connectivity index is 1.49. The standard InChI is InChI=1S/C15H21N5O2/c1-19(5-6-20-7-9-21-10-8-20)12-14-17-18-15(22-14)13-3-2-4-16-11-13/h2-4,11H,5-10,12H2,1H3. The van der Waals surface area contributed by atoms with Crippen molar-refractivity contribution in [2.45, 2.75) is 6.54 Å². The molecule has 7 heteroatoms. The largest absolute Gasteiger partial charge is 0.419 e. The third-order valence-electron chi connectivity index (χ3n) is 3.68. The molecule has 2 aromatic rings. The molecule has 0 bridgehead atoms. The lowest BCUT2D eigenvalue weighted by molar-refractivity contribution is 0.0339. The second-order valence-electron chi connectivity index (χ2n) is 5.43. The molecule has 0 radical (unpaired) electrons. The van der Waals surface area contributed by atoms with Crippen molar-refractivity contribution in [3.05, 3.63) is 30.4 Å². The summed E-state index contributed by atoms with van der Waals surface area (Å²) in [6.45, 7) is 6.34. The number of likely N-dealkylation sites (N-methyl/N-ethyl adjacent to an activating group) is 1. The number of pyridine rings is 1. The van der Waals surface area contributed by atoms with Crippen molar-refractivity contribution >= 4 is 0 Å². The van der Waals surface area contributed by atoms with Crippen LogP contribution in [-0.4, -0.2) is 71.4 Å². The smallest absolute Gasteiger partial charge is 0.249 e. The average molecular weight is 303 g/mol. The Morgan fingerprint density at radius 3 is 2.91 bits per heavy atom. The van der Waals surface area contributed by atoms with Crippen LogP contribution in [-0.2, 0) is 11.3 Å². The molecule has 3 heterocycles. The first-order chi connectivity index (χ1) is 10.8. The van der Waals surface area contributed by atoms with E-state index in [1.807, 2.05) is 12.1 Å². The molecule has 118 valence electrons. The molecule has 7 nitrogen and oxygen atoms in total. The Morgan fingerprint density at radius 2 is 2.14 bits per heavy atom. The van der Waals surface area contributed by atoms with Crippen molar-refractivity contribution in [3.63, 3.8) is 0 Å². The third kappa shape index (κ3) is 4.09. The molecule has 0 spiro atoms. The first-order valence-electron chi connectivity index (χ1n) is 7.53. The predicted molar refractivity (Wildman–Crippen MR) is 81.1 cm³/mol. The van der Waals surface area contributed by atoms with Gasteiger partial charge in [0, 0.05) is 38.6 Å². The fourth-order valence-electron chi connectivity index (χ4n) is 2.37. The van der Waals surface area contributed by atoms with E-state index in [1.165, 1.54) is 0 Å². The summed E-state index contributed by atoms with van der Waals surface area (Å²) in [4.78, 5) is 8.66. The predicted octanol–water partition coefficient (Wildman–Crippen LogP) is 0.896. The van der Waals surface area contributed by atoms with Crippen LogP contribution in [0.4, 0.5) is 0 Å². The number of hydrogen-bond donors (Lipinski definition) is 0. The summed E-state index contributed by atoms with van der Waals surface area (Å²) in [5.74, 6) is 1.15. The Morgan fingerprint density at radius 1 is 1.27 bits per heavy atom. The van der Waals surface area contributed by atoms with Crippen molar-refractivity contribution in [2.75, 3.05) is 46.4 Å². The van der Waals surface area contributed by atoms with Gasteiger partial charge in [0.2, 0.25) is 11.8 Å². The van der Waals surface area contributed by atoms with E-state index in [1.54, 1.807) is 12.4 Å². The minimum Gasteiger partial charge on any atom is -0.419 e. The number of aromatic nitrogens is 3. The van der Waals surface area contributed by atoms with Gasteiger partial charge in [-0.1, -0.05) is 0 Å². The zero-order valence-electron chi connectivity index (χ0n) is 12.8. The van der Waals surface area contributed by atoms with Gasteiger partial charge in [-0.25, -0.2) is 0 Å². The van der Waals surface area contributed by atoms with E-state index in [0.717, 1.165) is 45.0 Å². The van der Waals surface area contributed by atoms with Crippen LogP contribution in [0.5, 0.6) is 0 Å². The van der Waals surface area contributed by atoms with Gasteiger partial charge in [-0.2, -0.15) is 0 Å². The van der Waals surface area contributed by atoms with Crippen molar-refractivity contribution in [1.82, 2.24) is 25.0 Å². The van der Waals surface area contributed by atoms with Crippen LogP contribution in [0.15, 0.2) is 28.9 Å². The van der Waals surface area contributed by atoms with Gasteiger partial charge in [0.25, 0.3) is 0 Å². The van der Waals surface area contributed by atoms with Crippen LogP contribution >= 0.6 is 0 Å². The number of nitrogens with zero attached hydrogens (tertiary/aromatic N) is 5. The van der Waals surface area contributed by atoms with Crippen LogP contribution in [0, 0.1) is 0 Å². The molecule has 1 aliphatic rings. The van der Waals surface area contributed by atoms with Gasteiger partial charge in [0.1, 0.15) is 0 Å². The SMILES string of the molecule is CN(CCN1CCOCC1)Cc1nnc(-c2cccnc2)o1. The molecule has 0 atom stereocenters. The molecular formula is C15H21N5O2. The fraction of sp³-hybridized carbons (Fsp3) is 0.533. The summed E-state index contributed by atoms with van der Waals surface area (Å²) in [7, 11) is 2.06. The van der Waals surface area contributed by atoms with E-state index in [-0.39, 0.29) is 0 Å². The average Bonchev–Trinajstić information content (AvgIpc) is 3.03. The number of morpholine rings is 1. The van der Waals surface area contributed by atoms with Gasteiger partial charge in [0.15, 0.2) is 0 Å². The molecular weight excluding hydrogens is 282 g/mol. The molecule has 3 rings (SSSR count). The van der Waals surface area contributed by atoms with Crippen LogP contribution < -0.4 is 0 Å².